The SMILES string of the molecule is Nc1cccnc1NC(=O)c1ccc(Br)cc1C(F)(F)F. The van der Waals surface area contributed by atoms with E-state index in [2.05, 4.69) is 26.2 Å². The predicted octanol–water partition coefficient (Wildman–Crippen LogP) is 3.70. The van der Waals surface area contributed by atoms with Gasteiger partial charge in [0.05, 0.1) is 16.8 Å². The highest BCUT2D eigenvalue weighted by molar-refractivity contribution is 9.10. The summed E-state index contributed by atoms with van der Waals surface area (Å²) >= 11 is 2.95. The lowest BCUT2D eigenvalue weighted by Crippen LogP contribution is -2.19. The molecule has 0 aliphatic rings. The van der Waals surface area contributed by atoms with E-state index >= 15 is 0 Å². The van der Waals surface area contributed by atoms with Gasteiger partial charge in [-0.3, -0.25) is 4.79 Å². The third-order valence-electron chi connectivity index (χ3n) is 2.60. The van der Waals surface area contributed by atoms with E-state index in [9.17, 15) is 18.0 Å². The third kappa shape index (κ3) is 3.52. The summed E-state index contributed by atoms with van der Waals surface area (Å²) in [6.45, 7) is 0. The van der Waals surface area contributed by atoms with Crippen molar-refractivity contribution in [2.45, 2.75) is 6.18 Å². The molecule has 0 bridgehead atoms. The first-order chi connectivity index (χ1) is 9.79. The summed E-state index contributed by atoms with van der Waals surface area (Å²) in [5.41, 5.74) is 4.21. The molecule has 1 aromatic carbocycles. The first-order valence-corrected chi connectivity index (χ1v) is 6.47. The Hall–Kier alpha value is -2.09. The van der Waals surface area contributed by atoms with E-state index < -0.39 is 23.2 Å². The number of nitrogens with two attached hydrogens (primary N) is 1. The van der Waals surface area contributed by atoms with Gasteiger partial charge in [-0.05, 0) is 30.3 Å². The number of hydrogen-bond acceptors (Lipinski definition) is 3. The van der Waals surface area contributed by atoms with Crippen molar-refractivity contribution in [3.63, 3.8) is 0 Å². The maximum absolute atomic E-state index is 13.0. The average molecular weight is 360 g/mol. The Labute approximate surface area is 126 Å². The van der Waals surface area contributed by atoms with E-state index in [1.54, 1.807) is 6.07 Å². The van der Waals surface area contributed by atoms with E-state index in [1.807, 2.05) is 0 Å². The van der Waals surface area contributed by atoms with Crippen LogP contribution in [0, 0.1) is 0 Å². The molecule has 1 aromatic heterocycles. The maximum Gasteiger partial charge on any atom is 0.417 e. The first-order valence-electron chi connectivity index (χ1n) is 5.67. The molecule has 0 unspecified atom stereocenters. The number of nitrogens with zero attached hydrogens (tertiary/aromatic N) is 1. The largest absolute Gasteiger partial charge is 0.417 e. The van der Waals surface area contributed by atoms with Gasteiger partial charge in [-0.1, -0.05) is 15.9 Å². The summed E-state index contributed by atoms with van der Waals surface area (Å²) < 4.78 is 39.1. The number of hydrogen-bond donors (Lipinski definition) is 2. The Morgan fingerprint density at radius 3 is 2.62 bits per heavy atom. The summed E-state index contributed by atoms with van der Waals surface area (Å²) in [5, 5.41) is 2.27. The minimum atomic E-state index is -4.65. The Morgan fingerprint density at radius 1 is 1.29 bits per heavy atom. The van der Waals surface area contributed by atoms with E-state index in [4.69, 9.17) is 5.73 Å². The number of pyridine rings is 1. The molecule has 4 nitrogen and oxygen atoms in total. The van der Waals surface area contributed by atoms with E-state index in [0.29, 0.717) is 0 Å². The fourth-order valence-electron chi connectivity index (χ4n) is 1.65. The Bertz CT molecular complexity index is 689. The van der Waals surface area contributed by atoms with Gasteiger partial charge in [0.2, 0.25) is 0 Å². The quantitative estimate of drug-likeness (QED) is 0.858. The van der Waals surface area contributed by atoms with Gasteiger partial charge in [0, 0.05) is 10.7 Å². The second-order valence-electron chi connectivity index (χ2n) is 4.08. The maximum atomic E-state index is 13.0. The van der Waals surface area contributed by atoms with E-state index in [1.165, 1.54) is 18.3 Å². The van der Waals surface area contributed by atoms with Crippen molar-refractivity contribution in [1.82, 2.24) is 4.98 Å². The summed E-state index contributed by atoms with van der Waals surface area (Å²) in [6.07, 6.45) is -3.27. The van der Waals surface area contributed by atoms with Crippen molar-refractivity contribution < 1.29 is 18.0 Å². The molecule has 0 aliphatic carbocycles. The second-order valence-corrected chi connectivity index (χ2v) is 5.00. The van der Waals surface area contributed by atoms with Gasteiger partial charge < -0.3 is 11.1 Å². The number of carbonyl (C=O) groups excluding carboxylic acids is 1. The third-order valence-corrected chi connectivity index (χ3v) is 3.10. The number of alkyl halides is 3. The van der Waals surface area contributed by atoms with Crippen molar-refractivity contribution in [3.8, 4) is 0 Å². The lowest BCUT2D eigenvalue weighted by Gasteiger charge is -2.13. The number of halogens is 4. The molecule has 1 amide bonds. The molecule has 0 aliphatic heterocycles. The van der Waals surface area contributed by atoms with Crippen molar-refractivity contribution >= 4 is 33.3 Å². The average Bonchev–Trinajstić information content (AvgIpc) is 2.40. The van der Waals surface area contributed by atoms with Crippen molar-refractivity contribution in [1.29, 1.82) is 0 Å². The van der Waals surface area contributed by atoms with Crippen LogP contribution in [0.1, 0.15) is 15.9 Å². The number of amides is 1. The van der Waals surface area contributed by atoms with Crippen LogP contribution in [0.25, 0.3) is 0 Å². The molecule has 0 atom stereocenters. The number of nitrogen functional groups attached to an aromatic ring is 1. The highest BCUT2D eigenvalue weighted by atomic mass is 79.9. The van der Waals surface area contributed by atoms with Crippen LogP contribution in [0.3, 0.4) is 0 Å². The van der Waals surface area contributed by atoms with Gasteiger partial charge >= 0.3 is 6.18 Å². The fourth-order valence-corrected chi connectivity index (χ4v) is 2.01. The van der Waals surface area contributed by atoms with Crippen LogP contribution in [0.4, 0.5) is 24.7 Å². The normalized spacial score (nSPS) is 11.2. The van der Waals surface area contributed by atoms with Crippen LogP contribution in [0.2, 0.25) is 0 Å². The Balaban J connectivity index is 2.38. The minimum absolute atomic E-state index is 0.0125. The van der Waals surface area contributed by atoms with Crippen LogP contribution < -0.4 is 11.1 Å². The molecule has 3 N–H and O–H groups in total. The molecule has 21 heavy (non-hydrogen) atoms. The number of carbonyl (C=O) groups is 1. The summed E-state index contributed by atoms with van der Waals surface area (Å²) in [6, 6.07) is 6.31. The topological polar surface area (TPSA) is 68.0 Å². The molecule has 2 rings (SSSR count). The predicted molar refractivity (Wildman–Crippen MR) is 75.7 cm³/mol. The first kappa shape index (κ1) is 15.3. The lowest BCUT2D eigenvalue weighted by atomic mass is 10.1. The molecule has 8 heteroatoms. The molecular weight excluding hydrogens is 351 g/mol. The van der Waals surface area contributed by atoms with Crippen LogP contribution in [0.15, 0.2) is 41.0 Å². The van der Waals surface area contributed by atoms with Gasteiger partial charge in [0.25, 0.3) is 5.91 Å². The Kier molecular flexibility index (Phi) is 4.17. The van der Waals surface area contributed by atoms with Crippen molar-refractivity contribution in [2.75, 3.05) is 11.1 Å². The minimum Gasteiger partial charge on any atom is -0.396 e. The monoisotopic (exact) mass is 359 g/mol. The van der Waals surface area contributed by atoms with Gasteiger partial charge in [-0.25, -0.2) is 4.98 Å². The highest BCUT2D eigenvalue weighted by Crippen LogP contribution is 2.34. The number of anilines is 2. The second kappa shape index (κ2) is 5.72. The van der Waals surface area contributed by atoms with Crippen LogP contribution in [-0.2, 0) is 6.18 Å². The number of rotatable bonds is 2. The summed E-state index contributed by atoms with van der Waals surface area (Å²) in [4.78, 5) is 15.8. The molecule has 1 heterocycles. The number of nitrogens with one attached hydrogen (secondary N) is 1. The molecule has 0 saturated heterocycles. The highest BCUT2D eigenvalue weighted by Gasteiger charge is 2.35. The van der Waals surface area contributed by atoms with E-state index in [-0.39, 0.29) is 16.0 Å². The molecule has 0 radical (unpaired) electrons. The van der Waals surface area contributed by atoms with Crippen molar-refractivity contribution in [3.05, 3.63) is 52.1 Å². The lowest BCUT2D eigenvalue weighted by molar-refractivity contribution is -0.137. The molecular formula is C13H9BrF3N3O. The number of aromatic nitrogens is 1. The Morgan fingerprint density at radius 2 is 2.00 bits per heavy atom. The van der Waals surface area contributed by atoms with Gasteiger partial charge in [0.1, 0.15) is 0 Å². The van der Waals surface area contributed by atoms with E-state index in [0.717, 1.165) is 12.1 Å². The molecule has 2 aromatic rings. The molecule has 0 saturated carbocycles. The molecule has 0 fully saturated rings. The zero-order valence-electron chi connectivity index (χ0n) is 10.4. The van der Waals surface area contributed by atoms with Gasteiger partial charge in [0.15, 0.2) is 5.82 Å². The summed E-state index contributed by atoms with van der Waals surface area (Å²) in [5.74, 6) is -0.918. The van der Waals surface area contributed by atoms with Crippen molar-refractivity contribution in [2.24, 2.45) is 0 Å². The number of benzene rings is 1. The van der Waals surface area contributed by atoms with Gasteiger partial charge in [-0.2, -0.15) is 13.2 Å². The molecule has 110 valence electrons. The zero-order valence-corrected chi connectivity index (χ0v) is 12.0. The zero-order chi connectivity index (χ0) is 15.6. The standard InChI is InChI=1S/C13H9BrF3N3O/c14-7-3-4-8(9(6-7)13(15,16)17)12(21)20-11-10(18)2-1-5-19-11/h1-6H,18H2,(H,19,20,21). The van der Waals surface area contributed by atoms with Crippen LogP contribution in [-0.4, -0.2) is 10.9 Å². The fraction of sp³-hybridized carbons (Fsp3) is 0.0769. The van der Waals surface area contributed by atoms with Gasteiger partial charge in [-0.15, -0.1) is 0 Å². The summed E-state index contributed by atoms with van der Waals surface area (Å²) in [7, 11) is 0. The van der Waals surface area contributed by atoms with Crippen LogP contribution in [0.5, 0.6) is 0 Å². The smallest absolute Gasteiger partial charge is 0.396 e. The molecule has 0 spiro atoms. The van der Waals surface area contributed by atoms with Crippen LogP contribution >= 0.6 is 15.9 Å².